The Morgan fingerprint density at radius 1 is 1.22 bits per heavy atom. The Hall–Kier alpha value is -0.610. The smallest absolute Gasteiger partial charge is 0.238 e. The molecule has 2 saturated heterocycles. The van der Waals surface area contributed by atoms with Gasteiger partial charge in [-0.3, -0.25) is 9.80 Å². The summed E-state index contributed by atoms with van der Waals surface area (Å²) < 4.78 is 0. The molecule has 2 aliphatic heterocycles. The van der Waals surface area contributed by atoms with Crippen LogP contribution in [0.15, 0.2) is 0 Å². The monoisotopic (exact) mass is 252 g/mol. The second kappa shape index (κ2) is 5.17. The normalized spacial score (nSPS) is 34.3. The van der Waals surface area contributed by atoms with Crippen molar-refractivity contribution in [2.24, 2.45) is 5.92 Å². The number of aliphatic hydroxyl groups excluding tert-OH is 1. The van der Waals surface area contributed by atoms with Crippen molar-refractivity contribution in [3.8, 4) is 0 Å². The minimum Gasteiger partial charge on any atom is -0.396 e. The molecule has 3 aliphatic rings. The molecule has 18 heavy (non-hydrogen) atoms. The van der Waals surface area contributed by atoms with Gasteiger partial charge in [-0.05, 0) is 31.6 Å². The van der Waals surface area contributed by atoms with Gasteiger partial charge in [-0.25, -0.2) is 5.01 Å². The van der Waals surface area contributed by atoms with Crippen LogP contribution in [0.25, 0.3) is 0 Å². The van der Waals surface area contributed by atoms with Crippen LogP contribution in [0.3, 0.4) is 0 Å². The third kappa shape index (κ3) is 2.05. The fourth-order valence-electron chi connectivity index (χ4n) is 4.16. The van der Waals surface area contributed by atoms with E-state index in [-0.39, 0.29) is 18.6 Å². The van der Waals surface area contributed by atoms with E-state index < -0.39 is 0 Å². The van der Waals surface area contributed by atoms with E-state index in [9.17, 15) is 9.90 Å². The summed E-state index contributed by atoms with van der Waals surface area (Å²) in [6.07, 6.45) is 9.24. The van der Waals surface area contributed by atoms with Gasteiger partial charge in [0.15, 0.2) is 0 Å². The minimum absolute atomic E-state index is 0.194. The molecule has 0 aromatic carbocycles. The molecule has 4 nitrogen and oxygen atoms in total. The summed E-state index contributed by atoms with van der Waals surface area (Å²) >= 11 is 0. The number of fused-ring (bicyclic) bond motifs is 1. The molecule has 0 radical (unpaired) electrons. The van der Waals surface area contributed by atoms with Gasteiger partial charge in [-0.1, -0.05) is 19.3 Å². The van der Waals surface area contributed by atoms with Crippen LogP contribution >= 0.6 is 0 Å². The first-order valence-electron chi connectivity index (χ1n) is 7.50. The van der Waals surface area contributed by atoms with Gasteiger partial charge in [0.05, 0.1) is 6.04 Å². The van der Waals surface area contributed by atoms with Gasteiger partial charge in [0.2, 0.25) is 5.91 Å². The zero-order valence-electron chi connectivity index (χ0n) is 11.1. The van der Waals surface area contributed by atoms with E-state index in [2.05, 4.69) is 5.01 Å². The Balaban J connectivity index is 1.73. The predicted molar refractivity (Wildman–Crippen MR) is 68.6 cm³/mol. The summed E-state index contributed by atoms with van der Waals surface area (Å²) in [5.41, 5.74) is 0. The first kappa shape index (κ1) is 12.4. The third-order valence-corrected chi connectivity index (χ3v) is 4.99. The van der Waals surface area contributed by atoms with Crippen LogP contribution in [-0.2, 0) is 4.79 Å². The molecule has 3 rings (SSSR count). The maximum atomic E-state index is 12.0. The van der Waals surface area contributed by atoms with Crippen molar-refractivity contribution in [3.63, 3.8) is 0 Å². The first-order valence-corrected chi connectivity index (χ1v) is 7.50. The number of hydrogen-bond donors (Lipinski definition) is 1. The van der Waals surface area contributed by atoms with Crippen molar-refractivity contribution in [1.82, 2.24) is 10.0 Å². The standard InChI is InChI=1S/C14H24N2O2/c17-9-7-12-10-13(11-4-2-1-3-5-11)15-8-6-14(18)16(12)15/h11-13,17H,1-10H2/t12-,13+/m0/s1. The fourth-order valence-corrected chi connectivity index (χ4v) is 4.16. The first-order chi connectivity index (χ1) is 8.81. The molecule has 2 atom stereocenters. The third-order valence-electron chi connectivity index (χ3n) is 4.99. The van der Waals surface area contributed by atoms with Crippen LogP contribution in [0.5, 0.6) is 0 Å². The molecule has 0 unspecified atom stereocenters. The van der Waals surface area contributed by atoms with Crippen LogP contribution in [0, 0.1) is 5.92 Å². The van der Waals surface area contributed by atoms with Gasteiger partial charge >= 0.3 is 0 Å². The maximum Gasteiger partial charge on any atom is 0.238 e. The molecule has 2 heterocycles. The fraction of sp³-hybridized carbons (Fsp3) is 0.929. The highest BCUT2D eigenvalue weighted by Crippen LogP contribution is 2.40. The van der Waals surface area contributed by atoms with E-state index in [0.29, 0.717) is 12.5 Å². The van der Waals surface area contributed by atoms with Gasteiger partial charge < -0.3 is 5.11 Å². The Kier molecular flexibility index (Phi) is 3.57. The lowest BCUT2D eigenvalue weighted by Gasteiger charge is -2.33. The summed E-state index contributed by atoms with van der Waals surface area (Å²) in [4.78, 5) is 12.0. The van der Waals surface area contributed by atoms with Gasteiger partial charge in [-0.2, -0.15) is 0 Å². The molecule has 0 aromatic heterocycles. The second-order valence-electron chi connectivity index (χ2n) is 6.02. The highest BCUT2D eigenvalue weighted by Gasteiger charge is 2.47. The van der Waals surface area contributed by atoms with Crippen molar-refractivity contribution in [2.75, 3.05) is 13.2 Å². The van der Waals surface area contributed by atoms with E-state index in [1.807, 2.05) is 5.01 Å². The average Bonchev–Trinajstić information content (AvgIpc) is 2.94. The van der Waals surface area contributed by atoms with Crippen molar-refractivity contribution in [3.05, 3.63) is 0 Å². The number of carbonyl (C=O) groups is 1. The highest BCUT2D eigenvalue weighted by atomic mass is 16.3. The topological polar surface area (TPSA) is 43.8 Å². The van der Waals surface area contributed by atoms with Crippen LogP contribution in [0.4, 0.5) is 0 Å². The molecule has 1 amide bonds. The van der Waals surface area contributed by atoms with E-state index in [4.69, 9.17) is 0 Å². The molecule has 1 saturated carbocycles. The van der Waals surface area contributed by atoms with Crippen molar-refractivity contribution in [1.29, 1.82) is 0 Å². The van der Waals surface area contributed by atoms with Crippen LogP contribution < -0.4 is 0 Å². The summed E-state index contributed by atoms with van der Waals surface area (Å²) in [7, 11) is 0. The lowest BCUT2D eigenvalue weighted by molar-refractivity contribution is -0.139. The van der Waals surface area contributed by atoms with Crippen LogP contribution in [0.2, 0.25) is 0 Å². The molecular weight excluding hydrogens is 228 g/mol. The zero-order chi connectivity index (χ0) is 12.5. The second-order valence-corrected chi connectivity index (χ2v) is 6.02. The summed E-state index contributed by atoms with van der Waals surface area (Å²) in [5.74, 6) is 1.04. The Morgan fingerprint density at radius 3 is 2.72 bits per heavy atom. The van der Waals surface area contributed by atoms with E-state index in [1.54, 1.807) is 0 Å². The van der Waals surface area contributed by atoms with Crippen LogP contribution in [0.1, 0.15) is 51.4 Å². The molecule has 0 bridgehead atoms. The van der Waals surface area contributed by atoms with E-state index in [1.165, 1.54) is 32.1 Å². The van der Waals surface area contributed by atoms with Gasteiger partial charge in [0.25, 0.3) is 0 Å². The van der Waals surface area contributed by atoms with Crippen molar-refractivity contribution < 1.29 is 9.90 Å². The molecule has 3 fully saturated rings. The number of carbonyl (C=O) groups excluding carboxylic acids is 1. The lowest BCUT2D eigenvalue weighted by atomic mass is 9.82. The number of hydrazine groups is 1. The molecular formula is C14H24N2O2. The van der Waals surface area contributed by atoms with E-state index in [0.717, 1.165) is 25.3 Å². The molecule has 102 valence electrons. The average molecular weight is 252 g/mol. The number of aliphatic hydroxyl groups is 1. The number of rotatable bonds is 3. The Labute approximate surface area is 109 Å². The van der Waals surface area contributed by atoms with Gasteiger partial charge in [0.1, 0.15) is 0 Å². The van der Waals surface area contributed by atoms with Gasteiger partial charge in [0, 0.05) is 25.6 Å². The number of hydrogen-bond acceptors (Lipinski definition) is 3. The van der Waals surface area contributed by atoms with Gasteiger partial charge in [-0.15, -0.1) is 0 Å². The van der Waals surface area contributed by atoms with Crippen molar-refractivity contribution >= 4 is 5.91 Å². The SMILES string of the molecule is O=C1CCN2[C@@H](C3CCCCC3)C[C@H](CCO)N12. The maximum absolute atomic E-state index is 12.0. The Bertz CT molecular complexity index is 315. The minimum atomic E-state index is 0.194. The molecule has 0 aromatic rings. The molecule has 1 aliphatic carbocycles. The number of nitrogens with zero attached hydrogens (tertiary/aromatic N) is 2. The number of amides is 1. The van der Waals surface area contributed by atoms with E-state index >= 15 is 0 Å². The molecule has 4 heteroatoms. The molecule has 0 spiro atoms. The highest BCUT2D eigenvalue weighted by molar-refractivity contribution is 5.78. The largest absolute Gasteiger partial charge is 0.396 e. The van der Waals surface area contributed by atoms with Crippen LogP contribution in [-0.4, -0.2) is 46.3 Å². The molecule has 1 N–H and O–H groups in total. The zero-order valence-corrected chi connectivity index (χ0v) is 11.1. The van der Waals surface area contributed by atoms with Crippen molar-refractivity contribution in [2.45, 2.75) is 63.5 Å². The predicted octanol–water partition coefficient (Wildman–Crippen LogP) is 1.54. The summed E-state index contributed by atoms with van der Waals surface area (Å²) in [5, 5.41) is 13.5. The summed E-state index contributed by atoms with van der Waals surface area (Å²) in [6, 6.07) is 0.824. The lowest BCUT2D eigenvalue weighted by Crippen LogP contribution is -2.42. The Morgan fingerprint density at radius 2 is 2.00 bits per heavy atom. The quantitative estimate of drug-likeness (QED) is 0.828. The summed E-state index contributed by atoms with van der Waals surface area (Å²) in [6.45, 7) is 1.10.